The zero-order valence-electron chi connectivity index (χ0n) is 9.46. The van der Waals surface area contributed by atoms with E-state index in [1.54, 1.807) is 12.1 Å². The summed E-state index contributed by atoms with van der Waals surface area (Å²) in [4.78, 5) is 0.0512. The van der Waals surface area contributed by atoms with Crippen LogP contribution < -0.4 is 10.5 Å². The van der Waals surface area contributed by atoms with Gasteiger partial charge < -0.3 is 15.2 Å². The van der Waals surface area contributed by atoms with Gasteiger partial charge in [0.2, 0.25) is 10.0 Å². The lowest BCUT2D eigenvalue weighted by atomic mass is 10.2. The lowest BCUT2D eigenvalue weighted by Gasteiger charge is -2.16. The molecule has 0 aromatic heterocycles. The Hall–Kier alpha value is -1.15. The van der Waals surface area contributed by atoms with Gasteiger partial charge in [-0.25, -0.2) is 13.6 Å². The maximum atomic E-state index is 11.0. The van der Waals surface area contributed by atoms with E-state index in [1.807, 2.05) is 0 Å². The molecule has 4 N–H and O–H groups in total. The van der Waals surface area contributed by atoms with Crippen LogP contribution in [0, 0.1) is 0 Å². The number of primary sulfonamides is 1. The summed E-state index contributed by atoms with van der Waals surface area (Å²) in [5, 5.41) is 17.0. The van der Waals surface area contributed by atoms with Gasteiger partial charge in [0.1, 0.15) is 0 Å². The lowest BCUT2D eigenvalue weighted by molar-refractivity contribution is 0.153. The zero-order chi connectivity index (χ0) is 12.9. The molecule has 0 radical (unpaired) electrons. The number of rotatable bonds is 6. The van der Waals surface area contributed by atoms with Gasteiger partial charge in [0.15, 0.2) is 0 Å². The number of methoxy groups -OCH3 is 1. The van der Waals surface area contributed by atoms with Crippen LogP contribution in [0.4, 0.5) is 5.69 Å². The van der Waals surface area contributed by atoms with E-state index in [0.717, 1.165) is 0 Å². The largest absolute Gasteiger partial charge is 0.394 e. The third-order valence-corrected chi connectivity index (χ3v) is 3.07. The van der Waals surface area contributed by atoms with Crippen molar-refractivity contribution in [3.63, 3.8) is 0 Å². The molecule has 96 valence electrons. The Morgan fingerprint density at radius 3 is 2.41 bits per heavy atom. The fraction of sp³-hybridized carbons (Fsp3) is 0.400. The molecular weight excluding hydrogens is 244 g/mol. The first-order chi connectivity index (χ1) is 7.97. The van der Waals surface area contributed by atoms with Gasteiger partial charge in [0.05, 0.1) is 24.2 Å². The van der Waals surface area contributed by atoms with Crippen molar-refractivity contribution in [3.8, 4) is 0 Å². The van der Waals surface area contributed by atoms with Crippen LogP contribution in [-0.2, 0) is 14.8 Å². The number of hydrogen-bond donors (Lipinski definition) is 3. The maximum absolute atomic E-state index is 11.0. The van der Waals surface area contributed by atoms with Gasteiger partial charge in [-0.3, -0.25) is 0 Å². The Kier molecular flexibility index (Phi) is 4.88. The topological polar surface area (TPSA) is 102 Å². The number of aliphatic hydroxyl groups is 1. The Morgan fingerprint density at radius 1 is 1.41 bits per heavy atom. The minimum Gasteiger partial charge on any atom is -0.394 e. The first-order valence-corrected chi connectivity index (χ1v) is 6.51. The van der Waals surface area contributed by atoms with Crippen LogP contribution in [0.25, 0.3) is 0 Å². The maximum Gasteiger partial charge on any atom is 0.238 e. The molecule has 0 amide bonds. The van der Waals surface area contributed by atoms with Crippen molar-refractivity contribution in [1.29, 1.82) is 0 Å². The van der Waals surface area contributed by atoms with Crippen LogP contribution >= 0.6 is 0 Å². The number of nitrogens with one attached hydrogen (secondary N) is 1. The zero-order valence-corrected chi connectivity index (χ0v) is 10.3. The second kappa shape index (κ2) is 5.97. The van der Waals surface area contributed by atoms with E-state index in [2.05, 4.69) is 5.32 Å². The van der Waals surface area contributed by atoms with E-state index < -0.39 is 10.0 Å². The standard InChI is InChI=1S/C10H16N2O4S/c1-16-7-9(6-13)12-8-2-4-10(5-3-8)17(11,14)15/h2-5,9,12-13H,6-7H2,1H3,(H2,11,14,15). The van der Waals surface area contributed by atoms with E-state index >= 15 is 0 Å². The summed E-state index contributed by atoms with van der Waals surface area (Å²) in [6, 6.07) is 5.73. The SMILES string of the molecule is COCC(CO)Nc1ccc(S(N)(=O)=O)cc1. The molecule has 1 atom stereocenters. The second-order valence-corrected chi connectivity index (χ2v) is 5.11. The average molecular weight is 260 g/mol. The van der Waals surface area contributed by atoms with Crippen molar-refractivity contribution in [2.24, 2.45) is 5.14 Å². The van der Waals surface area contributed by atoms with Crippen molar-refractivity contribution in [3.05, 3.63) is 24.3 Å². The van der Waals surface area contributed by atoms with Crippen LogP contribution in [0.1, 0.15) is 0 Å². The first-order valence-electron chi connectivity index (χ1n) is 4.96. The summed E-state index contributed by atoms with van der Waals surface area (Å²) in [7, 11) is -2.13. The number of aliphatic hydroxyl groups excluding tert-OH is 1. The summed E-state index contributed by atoms with van der Waals surface area (Å²) >= 11 is 0. The highest BCUT2D eigenvalue weighted by Crippen LogP contribution is 2.13. The molecule has 0 fully saturated rings. The van der Waals surface area contributed by atoms with Crippen molar-refractivity contribution >= 4 is 15.7 Å². The normalized spacial score (nSPS) is 13.4. The van der Waals surface area contributed by atoms with Crippen molar-refractivity contribution in [1.82, 2.24) is 0 Å². The van der Waals surface area contributed by atoms with Crippen LogP contribution in [0.5, 0.6) is 0 Å². The van der Waals surface area contributed by atoms with Gasteiger partial charge in [0.25, 0.3) is 0 Å². The summed E-state index contributed by atoms with van der Waals surface area (Å²) in [5.41, 5.74) is 0.688. The molecule has 1 aromatic carbocycles. The van der Waals surface area contributed by atoms with Crippen LogP contribution in [0.15, 0.2) is 29.2 Å². The molecule has 0 bridgehead atoms. The molecule has 1 aromatic rings. The molecule has 0 saturated heterocycles. The minimum atomic E-state index is -3.67. The third-order valence-electron chi connectivity index (χ3n) is 2.14. The molecule has 0 heterocycles. The Labute approximate surface area is 100 Å². The predicted octanol–water partition coefficient (Wildman–Crippen LogP) is -0.247. The average Bonchev–Trinajstić information content (AvgIpc) is 2.28. The summed E-state index contributed by atoms with van der Waals surface area (Å²) in [6.45, 7) is 0.276. The highest BCUT2D eigenvalue weighted by molar-refractivity contribution is 7.89. The summed E-state index contributed by atoms with van der Waals surface area (Å²) in [6.07, 6.45) is 0. The van der Waals surface area contributed by atoms with Gasteiger partial charge in [0, 0.05) is 12.8 Å². The number of ether oxygens (including phenoxy) is 1. The van der Waals surface area contributed by atoms with Crippen molar-refractivity contribution in [2.75, 3.05) is 25.6 Å². The molecular formula is C10H16N2O4S. The molecule has 7 heteroatoms. The molecule has 0 aliphatic heterocycles. The summed E-state index contributed by atoms with van der Waals surface area (Å²) in [5.74, 6) is 0. The van der Waals surface area contributed by atoms with E-state index in [1.165, 1.54) is 19.2 Å². The molecule has 0 spiro atoms. The van der Waals surface area contributed by atoms with Gasteiger partial charge in [-0.2, -0.15) is 0 Å². The van der Waals surface area contributed by atoms with Gasteiger partial charge in [-0.15, -0.1) is 0 Å². The minimum absolute atomic E-state index is 0.0512. The van der Waals surface area contributed by atoms with Gasteiger partial charge in [-0.1, -0.05) is 0 Å². The number of hydrogen-bond acceptors (Lipinski definition) is 5. The third kappa shape index (κ3) is 4.31. The molecule has 17 heavy (non-hydrogen) atoms. The fourth-order valence-corrected chi connectivity index (χ4v) is 1.83. The molecule has 0 saturated carbocycles. The van der Waals surface area contributed by atoms with E-state index in [9.17, 15) is 8.42 Å². The summed E-state index contributed by atoms with van der Waals surface area (Å²) < 4.78 is 27.0. The van der Waals surface area contributed by atoms with Crippen LogP contribution in [0.3, 0.4) is 0 Å². The number of benzene rings is 1. The van der Waals surface area contributed by atoms with E-state index in [-0.39, 0.29) is 17.5 Å². The Balaban J connectivity index is 2.74. The van der Waals surface area contributed by atoms with Gasteiger partial charge in [-0.05, 0) is 24.3 Å². The van der Waals surface area contributed by atoms with Crippen molar-refractivity contribution < 1.29 is 18.3 Å². The first kappa shape index (κ1) is 13.9. The predicted molar refractivity (Wildman–Crippen MR) is 64.2 cm³/mol. The monoisotopic (exact) mass is 260 g/mol. The molecule has 1 unspecified atom stereocenters. The van der Waals surface area contributed by atoms with Crippen LogP contribution in [0.2, 0.25) is 0 Å². The molecule has 0 aliphatic carbocycles. The fourth-order valence-electron chi connectivity index (χ4n) is 1.32. The van der Waals surface area contributed by atoms with E-state index in [4.69, 9.17) is 15.0 Å². The second-order valence-electron chi connectivity index (χ2n) is 3.55. The highest BCUT2D eigenvalue weighted by atomic mass is 32.2. The molecule has 6 nitrogen and oxygen atoms in total. The quantitative estimate of drug-likeness (QED) is 0.655. The molecule has 0 aliphatic rings. The Bertz CT molecular complexity index is 444. The highest BCUT2D eigenvalue weighted by Gasteiger charge is 2.09. The smallest absolute Gasteiger partial charge is 0.238 e. The van der Waals surface area contributed by atoms with Gasteiger partial charge >= 0.3 is 0 Å². The molecule has 1 rings (SSSR count). The lowest BCUT2D eigenvalue weighted by Crippen LogP contribution is -2.28. The number of anilines is 1. The van der Waals surface area contributed by atoms with Crippen LogP contribution in [-0.4, -0.2) is 39.9 Å². The number of sulfonamides is 1. The van der Waals surface area contributed by atoms with Crippen molar-refractivity contribution in [2.45, 2.75) is 10.9 Å². The Morgan fingerprint density at radius 2 is 2.00 bits per heavy atom. The van der Waals surface area contributed by atoms with E-state index in [0.29, 0.717) is 12.3 Å². The number of nitrogens with two attached hydrogens (primary N) is 1.